The Bertz CT molecular complexity index is 734. The first-order chi connectivity index (χ1) is 15.3. The zero-order valence-corrected chi connectivity index (χ0v) is 19.4. The summed E-state index contributed by atoms with van der Waals surface area (Å²) in [5, 5.41) is 5.80. The van der Waals surface area contributed by atoms with Gasteiger partial charge in [0.2, 0.25) is 11.8 Å². The Morgan fingerprint density at radius 2 is 1.75 bits per heavy atom. The molecule has 2 amide bonds. The fourth-order valence-electron chi connectivity index (χ4n) is 6.66. The Kier molecular flexibility index (Phi) is 6.18. The topological polar surface area (TPSA) is 85.9 Å². The first-order valence-electron chi connectivity index (χ1n) is 12.0. The summed E-state index contributed by atoms with van der Waals surface area (Å²) >= 11 is 5.90. The molecule has 5 saturated carbocycles. The van der Waals surface area contributed by atoms with E-state index in [0.29, 0.717) is 18.8 Å². The second-order valence-corrected chi connectivity index (χ2v) is 11.3. The van der Waals surface area contributed by atoms with Gasteiger partial charge in [-0.25, -0.2) is 4.39 Å². The van der Waals surface area contributed by atoms with Crippen molar-refractivity contribution in [2.24, 2.45) is 5.92 Å². The second kappa shape index (κ2) is 8.67. The third-order valence-corrected chi connectivity index (χ3v) is 8.76. The standard InChI is InChI=1S/C23H34ClFN2O5/c1-30-14-3-5-18-13(6-14)7-19(32-18)21(29)27-23-10-22(11-23,12-23)26-20(28)9-31-15-2-4-16(24)17(25)8-15/h13-19H,2-12H2,1H3,(H,26,28)(H,27,29). The van der Waals surface area contributed by atoms with Gasteiger partial charge in [-0.15, -0.1) is 11.6 Å². The van der Waals surface area contributed by atoms with Gasteiger partial charge in [0.25, 0.3) is 0 Å². The lowest BCUT2D eigenvalue weighted by Crippen LogP contribution is -2.84. The predicted octanol–water partition coefficient (Wildman–Crippen LogP) is 2.38. The van der Waals surface area contributed by atoms with Crippen LogP contribution in [0.2, 0.25) is 0 Å². The van der Waals surface area contributed by atoms with Crippen LogP contribution in [0.1, 0.15) is 64.2 Å². The molecule has 1 aliphatic heterocycles. The van der Waals surface area contributed by atoms with E-state index in [1.807, 2.05) is 0 Å². The van der Waals surface area contributed by atoms with Crippen LogP contribution in [0.3, 0.4) is 0 Å². The first kappa shape index (κ1) is 22.8. The van der Waals surface area contributed by atoms with E-state index in [-0.39, 0.29) is 60.3 Å². The summed E-state index contributed by atoms with van der Waals surface area (Å²) in [5.41, 5.74) is -0.446. The van der Waals surface area contributed by atoms with Crippen LogP contribution in [-0.2, 0) is 23.8 Å². The summed E-state index contributed by atoms with van der Waals surface area (Å²) in [6.45, 7) is -0.0629. The molecule has 0 radical (unpaired) electrons. The molecular formula is C23H34ClFN2O5. The normalized spacial score (nSPS) is 47.0. The van der Waals surface area contributed by atoms with Crippen molar-refractivity contribution >= 4 is 23.4 Å². The lowest BCUT2D eigenvalue weighted by Gasteiger charge is -2.70. The smallest absolute Gasteiger partial charge is 0.249 e. The van der Waals surface area contributed by atoms with Crippen LogP contribution in [0.15, 0.2) is 0 Å². The molecule has 7 unspecified atom stereocenters. The van der Waals surface area contributed by atoms with Gasteiger partial charge < -0.3 is 24.8 Å². The molecule has 9 heteroatoms. The number of amides is 2. The van der Waals surface area contributed by atoms with Gasteiger partial charge in [-0.05, 0) is 63.7 Å². The molecule has 2 N–H and O–H groups in total. The molecule has 2 bridgehead atoms. The molecule has 0 aromatic rings. The van der Waals surface area contributed by atoms with E-state index in [1.54, 1.807) is 7.11 Å². The van der Waals surface area contributed by atoms with Gasteiger partial charge in [-0.2, -0.15) is 0 Å². The van der Waals surface area contributed by atoms with Crippen molar-refractivity contribution in [3.63, 3.8) is 0 Å². The number of carbonyl (C=O) groups is 2. The highest BCUT2D eigenvalue weighted by Gasteiger charge is 2.69. The highest BCUT2D eigenvalue weighted by molar-refractivity contribution is 6.21. The van der Waals surface area contributed by atoms with Crippen molar-refractivity contribution in [1.29, 1.82) is 0 Å². The minimum atomic E-state index is -1.08. The van der Waals surface area contributed by atoms with Crippen LogP contribution in [-0.4, -0.2) is 72.6 Å². The van der Waals surface area contributed by atoms with Gasteiger partial charge in [0.15, 0.2) is 0 Å². The maximum Gasteiger partial charge on any atom is 0.249 e. The van der Waals surface area contributed by atoms with E-state index in [0.717, 1.165) is 44.9 Å². The number of halogens is 2. The molecule has 0 aromatic heterocycles. The van der Waals surface area contributed by atoms with E-state index < -0.39 is 11.5 Å². The van der Waals surface area contributed by atoms with Crippen molar-refractivity contribution in [3.05, 3.63) is 0 Å². The molecule has 1 saturated heterocycles. The molecule has 5 aliphatic carbocycles. The number of hydrogen-bond acceptors (Lipinski definition) is 5. The summed E-state index contributed by atoms with van der Waals surface area (Å²) in [5.74, 6) is 0.200. The van der Waals surface area contributed by atoms with Gasteiger partial charge in [0, 0.05) is 24.6 Å². The molecule has 7 atom stereocenters. The predicted molar refractivity (Wildman–Crippen MR) is 115 cm³/mol. The number of nitrogens with one attached hydrogen (secondary N) is 2. The van der Waals surface area contributed by atoms with Crippen LogP contribution in [0.5, 0.6) is 0 Å². The summed E-state index contributed by atoms with van der Waals surface area (Å²) in [6.07, 6.45) is 6.14. The van der Waals surface area contributed by atoms with Crippen molar-refractivity contribution in [2.45, 2.75) is 111 Å². The highest BCUT2D eigenvalue weighted by atomic mass is 35.5. The van der Waals surface area contributed by atoms with Crippen LogP contribution in [0.4, 0.5) is 4.39 Å². The largest absolute Gasteiger partial charge is 0.381 e. The molecule has 6 fully saturated rings. The van der Waals surface area contributed by atoms with Crippen LogP contribution in [0.25, 0.3) is 0 Å². The molecule has 0 spiro atoms. The van der Waals surface area contributed by atoms with Crippen LogP contribution >= 0.6 is 11.6 Å². The van der Waals surface area contributed by atoms with Crippen molar-refractivity contribution in [1.82, 2.24) is 10.6 Å². The molecule has 7 nitrogen and oxygen atoms in total. The van der Waals surface area contributed by atoms with Gasteiger partial charge >= 0.3 is 0 Å². The molecule has 180 valence electrons. The lowest BCUT2D eigenvalue weighted by atomic mass is 9.44. The lowest BCUT2D eigenvalue weighted by molar-refractivity contribution is -0.158. The van der Waals surface area contributed by atoms with Gasteiger partial charge in [0.1, 0.15) is 18.9 Å². The Labute approximate surface area is 193 Å². The number of hydrogen-bond donors (Lipinski definition) is 2. The Morgan fingerprint density at radius 3 is 2.47 bits per heavy atom. The SMILES string of the molecule is COC1CCC2OC(C(=O)NC34CC(NC(=O)COC5CCC(Cl)C(F)C5)(C3)C4)CC2C1. The summed E-state index contributed by atoms with van der Waals surface area (Å²) in [6, 6.07) is 0. The number of rotatable bonds is 7. The van der Waals surface area contributed by atoms with Gasteiger partial charge in [-0.1, -0.05) is 0 Å². The molecule has 32 heavy (non-hydrogen) atoms. The third kappa shape index (κ3) is 4.40. The van der Waals surface area contributed by atoms with Crippen molar-refractivity contribution in [3.8, 4) is 0 Å². The zero-order valence-electron chi connectivity index (χ0n) is 18.6. The van der Waals surface area contributed by atoms with E-state index in [9.17, 15) is 14.0 Å². The van der Waals surface area contributed by atoms with Gasteiger partial charge in [-0.3, -0.25) is 9.59 Å². The van der Waals surface area contributed by atoms with Gasteiger partial charge in [0.05, 0.1) is 23.7 Å². The number of ether oxygens (including phenoxy) is 3. The van der Waals surface area contributed by atoms with Crippen LogP contribution in [0, 0.1) is 5.92 Å². The van der Waals surface area contributed by atoms with Crippen molar-refractivity contribution in [2.75, 3.05) is 13.7 Å². The number of alkyl halides is 2. The fourth-order valence-corrected chi connectivity index (χ4v) is 6.89. The summed E-state index contributed by atoms with van der Waals surface area (Å²) in [7, 11) is 1.75. The molecule has 6 rings (SSSR count). The number of carbonyl (C=O) groups excluding carboxylic acids is 2. The summed E-state index contributed by atoms with van der Waals surface area (Å²) < 4.78 is 30.9. The maximum absolute atomic E-state index is 13.7. The molecule has 1 heterocycles. The number of fused-ring (bicyclic) bond motifs is 1. The Morgan fingerprint density at radius 1 is 1.03 bits per heavy atom. The average molecular weight is 473 g/mol. The number of methoxy groups -OCH3 is 1. The zero-order chi connectivity index (χ0) is 22.5. The van der Waals surface area contributed by atoms with E-state index in [1.165, 1.54) is 0 Å². The Balaban J connectivity index is 1.02. The molecular weight excluding hydrogens is 439 g/mol. The van der Waals surface area contributed by atoms with Crippen molar-refractivity contribution < 1.29 is 28.2 Å². The monoisotopic (exact) mass is 472 g/mol. The highest BCUT2D eigenvalue weighted by Crippen LogP contribution is 2.60. The average Bonchev–Trinajstić information content (AvgIpc) is 3.15. The van der Waals surface area contributed by atoms with E-state index in [2.05, 4.69) is 10.6 Å². The third-order valence-electron chi connectivity index (χ3n) is 8.26. The maximum atomic E-state index is 13.7. The van der Waals surface area contributed by atoms with Crippen LogP contribution < -0.4 is 10.6 Å². The minimum Gasteiger partial charge on any atom is -0.381 e. The first-order valence-corrected chi connectivity index (χ1v) is 12.4. The Hall–Kier alpha value is -0.960. The van der Waals surface area contributed by atoms with E-state index >= 15 is 0 Å². The quantitative estimate of drug-likeness (QED) is 0.556. The summed E-state index contributed by atoms with van der Waals surface area (Å²) in [4.78, 5) is 25.1. The molecule has 6 aliphatic rings. The minimum absolute atomic E-state index is 0.0213. The molecule has 0 aromatic carbocycles. The second-order valence-electron chi connectivity index (χ2n) is 10.7. The van der Waals surface area contributed by atoms with E-state index in [4.69, 9.17) is 25.8 Å². The fraction of sp³-hybridized carbons (Fsp3) is 0.913.